The van der Waals surface area contributed by atoms with Gasteiger partial charge in [0.1, 0.15) is 0 Å². The third kappa shape index (κ3) is 4.45. The molecular weight excluding hydrogens is 464 g/mol. The van der Waals surface area contributed by atoms with Gasteiger partial charge in [-0.05, 0) is 35.7 Å². The van der Waals surface area contributed by atoms with Gasteiger partial charge in [0.2, 0.25) is 10.0 Å². The largest absolute Gasteiger partial charge is 0.316 e. The molecule has 9 heteroatoms. The van der Waals surface area contributed by atoms with Crippen molar-refractivity contribution >= 4 is 21.1 Å². The maximum absolute atomic E-state index is 13.6. The summed E-state index contributed by atoms with van der Waals surface area (Å²) in [5.41, 5.74) is 1.93. The maximum Gasteiger partial charge on any atom is 0.314 e. The number of aryl methyl sites for hydroxylation is 1. The van der Waals surface area contributed by atoms with E-state index < -0.39 is 21.1 Å². The minimum atomic E-state index is -3.79. The number of nitrogens with one attached hydrogen (secondary N) is 2. The molecule has 2 heterocycles. The van der Waals surface area contributed by atoms with Crippen molar-refractivity contribution in [3.63, 3.8) is 0 Å². The van der Waals surface area contributed by atoms with Crippen molar-refractivity contribution in [3.8, 4) is 0 Å². The fourth-order valence-electron chi connectivity index (χ4n) is 4.76. The van der Waals surface area contributed by atoms with Gasteiger partial charge in [-0.25, -0.2) is 8.42 Å². The van der Waals surface area contributed by atoms with Crippen molar-refractivity contribution in [1.29, 1.82) is 0 Å². The standard InChI is InChI=1S/C26H26N4O4S/c1-18-16-21-22(28-26(32)25(31)27-21)17-23(18)35(33,34)30-14-12-29(13-15-30)24(19-8-4-2-5-9-19)20-10-6-3-7-11-20/h2-11,16-17,24H,12-15H2,1H3,(H,27,31)(H,28,32). The van der Waals surface area contributed by atoms with Gasteiger partial charge in [0, 0.05) is 26.2 Å². The fourth-order valence-corrected chi connectivity index (χ4v) is 6.41. The Morgan fingerprint density at radius 1 is 0.743 bits per heavy atom. The second kappa shape index (κ2) is 9.26. The highest BCUT2D eigenvalue weighted by molar-refractivity contribution is 7.89. The molecule has 0 radical (unpaired) electrons. The van der Waals surface area contributed by atoms with E-state index >= 15 is 0 Å². The molecule has 2 N–H and O–H groups in total. The van der Waals surface area contributed by atoms with Gasteiger partial charge in [-0.1, -0.05) is 60.7 Å². The SMILES string of the molecule is Cc1cc2[nH]c(=O)c(=O)[nH]c2cc1S(=O)(=O)N1CCN(C(c2ccccc2)c2ccccc2)CC1. The molecule has 0 amide bonds. The number of aromatic amines is 2. The zero-order chi connectivity index (χ0) is 24.6. The quantitative estimate of drug-likeness (QED) is 0.419. The minimum absolute atomic E-state index is 0.0339. The van der Waals surface area contributed by atoms with Gasteiger partial charge in [0.15, 0.2) is 0 Å². The number of aromatic nitrogens is 2. The lowest BCUT2D eigenvalue weighted by Gasteiger charge is -2.39. The molecule has 1 aliphatic heterocycles. The van der Waals surface area contributed by atoms with Crippen molar-refractivity contribution in [1.82, 2.24) is 19.2 Å². The number of nitrogens with zero attached hydrogens (tertiary/aromatic N) is 2. The van der Waals surface area contributed by atoms with Crippen LogP contribution in [0, 0.1) is 6.92 Å². The van der Waals surface area contributed by atoms with E-state index in [4.69, 9.17) is 0 Å². The number of fused-ring (bicyclic) bond motifs is 1. The first-order valence-electron chi connectivity index (χ1n) is 11.5. The lowest BCUT2D eigenvalue weighted by molar-refractivity contribution is 0.156. The third-order valence-electron chi connectivity index (χ3n) is 6.50. The van der Waals surface area contributed by atoms with Gasteiger partial charge in [-0.3, -0.25) is 14.5 Å². The molecule has 35 heavy (non-hydrogen) atoms. The van der Waals surface area contributed by atoms with Crippen LogP contribution >= 0.6 is 0 Å². The molecule has 0 bridgehead atoms. The van der Waals surface area contributed by atoms with Gasteiger partial charge in [0.25, 0.3) is 0 Å². The van der Waals surface area contributed by atoms with Crippen molar-refractivity contribution in [2.24, 2.45) is 0 Å². The number of hydrogen-bond donors (Lipinski definition) is 2. The molecule has 5 rings (SSSR count). The molecule has 1 aliphatic rings. The van der Waals surface area contributed by atoms with E-state index in [0.29, 0.717) is 37.3 Å². The molecule has 3 aromatic carbocycles. The van der Waals surface area contributed by atoms with Gasteiger partial charge in [-0.15, -0.1) is 0 Å². The summed E-state index contributed by atoms with van der Waals surface area (Å²) in [7, 11) is -3.79. The van der Waals surface area contributed by atoms with E-state index in [0.717, 1.165) is 0 Å². The highest BCUT2D eigenvalue weighted by Crippen LogP contribution is 2.31. The topological polar surface area (TPSA) is 106 Å². The summed E-state index contributed by atoms with van der Waals surface area (Å²) in [4.78, 5) is 30.8. The minimum Gasteiger partial charge on any atom is -0.316 e. The van der Waals surface area contributed by atoms with Gasteiger partial charge >= 0.3 is 11.1 Å². The number of benzene rings is 3. The highest BCUT2D eigenvalue weighted by Gasteiger charge is 2.33. The zero-order valence-electron chi connectivity index (χ0n) is 19.3. The van der Waals surface area contributed by atoms with Crippen molar-refractivity contribution in [2.75, 3.05) is 26.2 Å². The first-order valence-corrected chi connectivity index (χ1v) is 12.9. The van der Waals surface area contributed by atoms with Crippen molar-refractivity contribution < 1.29 is 8.42 Å². The number of rotatable bonds is 5. The Balaban J connectivity index is 1.42. The Labute approximate surface area is 202 Å². The van der Waals surface area contributed by atoms with E-state index in [1.807, 2.05) is 36.4 Å². The number of piperazine rings is 1. The summed E-state index contributed by atoms with van der Waals surface area (Å²) >= 11 is 0. The molecule has 0 spiro atoms. The van der Waals surface area contributed by atoms with Crippen molar-refractivity contribution in [2.45, 2.75) is 17.9 Å². The molecule has 1 saturated heterocycles. The first kappa shape index (κ1) is 23.2. The average Bonchev–Trinajstić information content (AvgIpc) is 2.86. The van der Waals surface area contributed by atoms with Crippen LogP contribution in [0.1, 0.15) is 22.7 Å². The van der Waals surface area contributed by atoms with Crippen LogP contribution in [-0.4, -0.2) is 53.8 Å². The summed E-state index contributed by atoms with van der Waals surface area (Å²) in [6.45, 7) is 3.53. The van der Waals surface area contributed by atoms with E-state index in [2.05, 4.69) is 39.1 Å². The molecule has 1 aromatic heterocycles. The molecule has 0 saturated carbocycles. The molecule has 0 unspecified atom stereocenters. The molecule has 8 nitrogen and oxygen atoms in total. The lowest BCUT2D eigenvalue weighted by Crippen LogP contribution is -2.49. The van der Waals surface area contributed by atoms with Crippen LogP contribution in [0.25, 0.3) is 11.0 Å². The number of hydrogen-bond acceptors (Lipinski definition) is 5. The molecule has 0 atom stereocenters. The van der Waals surface area contributed by atoms with Crippen LogP contribution < -0.4 is 11.1 Å². The number of H-pyrrole nitrogens is 2. The summed E-state index contributed by atoms with van der Waals surface area (Å²) < 4.78 is 28.6. The summed E-state index contributed by atoms with van der Waals surface area (Å²) in [6, 6.07) is 23.5. The van der Waals surface area contributed by atoms with Crippen LogP contribution in [0.5, 0.6) is 0 Å². The van der Waals surface area contributed by atoms with Gasteiger partial charge in [-0.2, -0.15) is 4.31 Å². The van der Waals surface area contributed by atoms with E-state index in [9.17, 15) is 18.0 Å². The third-order valence-corrected chi connectivity index (χ3v) is 8.55. The average molecular weight is 491 g/mol. The molecular formula is C26H26N4O4S. The zero-order valence-corrected chi connectivity index (χ0v) is 20.1. The van der Waals surface area contributed by atoms with E-state index in [1.165, 1.54) is 21.5 Å². The smallest absolute Gasteiger partial charge is 0.314 e. The normalized spacial score (nSPS) is 15.6. The maximum atomic E-state index is 13.6. The lowest BCUT2D eigenvalue weighted by atomic mass is 9.96. The van der Waals surface area contributed by atoms with Crippen LogP contribution in [0.2, 0.25) is 0 Å². The second-order valence-corrected chi connectivity index (χ2v) is 10.6. The van der Waals surface area contributed by atoms with Crippen LogP contribution in [0.4, 0.5) is 0 Å². The summed E-state index contributed by atoms with van der Waals surface area (Å²) in [5, 5.41) is 0. The van der Waals surface area contributed by atoms with Gasteiger partial charge < -0.3 is 9.97 Å². The monoisotopic (exact) mass is 490 g/mol. The van der Waals surface area contributed by atoms with Crippen LogP contribution in [-0.2, 0) is 10.0 Å². The van der Waals surface area contributed by atoms with E-state index in [1.54, 1.807) is 13.0 Å². The molecule has 0 aliphatic carbocycles. The summed E-state index contributed by atoms with van der Waals surface area (Å²) in [5.74, 6) is 0. The first-order chi connectivity index (χ1) is 16.8. The van der Waals surface area contributed by atoms with E-state index in [-0.39, 0.29) is 16.5 Å². The van der Waals surface area contributed by atoms with Gasteiger partial charge in [0.05, 0.1) is 22.0 Å². The molecule has 4 aromatic rings. The molecule has 1 fully saturated rings. The Bertz CT molecular complexity index is 1530. The fraction of sp³-hybridized carbons (Fsp3) is 0.231. The second-order valence-electron chi connectivity index (χ2n) is 8.74. The van der Waals surface area contributed by atoms with Crippen LogP contribution in [0.3, 0.4) is 0 Å². The Kier molecular flexibility index (Phi) is 6.14. The van der Waals surface area contributed by atoms with Crippen molar-refractivity contribution in [3.05, 3.63) is 110 Å². The Morgan fingerprint density at radius 3 is 1.74 bits per heavy atom. The number of sulfonamides is 1. The highest BCUT2D eigenvalue weighted by atomic mass is 32.2. The summed E-state index contributed by atoms with van der Waals surface area (Å²) in [6.07, 6.45) is 0. The molecule has 180 valence electrons. The predicted molar refractivity (Wildman–Crippen MR) is 135 cm³/mol. The Hall–Kier alpha value is -3.53. The predicted octanol–water partition coefficient (Wildman–Crippen LogP) is 2.62. The Morgan fingerprint density at radius 2 is 1.23 bits per heavy atom. The van der Waals surface area contributed by atoms with Crippen LogP contribution in [0.15, 0.2) is 87.3 Å².